The van der Waals surface area contributed by atoms with E-state index in [1.807, 2.05) is 44.2 Å². The van der Waals surface area contributed by atoms with Gasteiger partial charge in [0.1, 0.15) is 18.6 Å². The largest absolute Gasteiger partial charge is 0.460 e. The van der Waals surface area contributed by atoms with Crippen molar-refractivity contribution in [1.82, 2.24) is 0 Å². The van der Waals surface area contributed by atoms with Crippen molar-refractivity contribution in [3.05, 3.63) is 35.9 Å². The number of hydrogen-bond acceptors (Lipinski definition) is 4. The quantitative estimate of drug-likeness (QED) is 0.768. The van der Waals surface area contributed by atoms with E-state index < -0.39 is 0 Å². The molecule has 2 rings (SSSR count). The zero-order valence-corrected chi connectivity index (χ0v) is 10.6. The molecule has 0 N–H and O–H groups in total. The van der Waals surface area contributed by atoms with E-state index in [1.54, 1.807) is 0 Å². The maximum Gasteiger partial charge on any atom is 0.319 e. The van der Waals surface area contributed by atoms with E-state index in [9.17, 15) is 4.79 Å². The standard InChI is InChI=1S/C14H17NO3/c1-3-12-13(10(2)18-15-12)14(16)17-9-11-7-5-4-6-8-11/h4-8,10,13H,3,9H2,1-2H3/t10-,13+/m0/s1. The van der Waals surface area contributed by atoms with Crippen molar-refractivity contribution in [2.24, 2.45) is 11.1 Å². The van der Waals surface area contributed by atoms with Gasteiger partial charge in [-0.25, -0.2) is 0 Å². The number of oxime groups is 1. The van der Waals surface area contributed by atoms with Gasteiger partial charge >= 0.3 is 5.97 Å². The van der Waals surface area contributed by atoms with Gasteiger partial charge in [-0.1, -0.05) is 42.4 Å². The normalized spacial score (nSPS) is 22.2. The lowest BCUT2D eigenvalue weighted by Crippen LogP contribution is -2.30. The molecule has 1 aromatic rings. The fourth-order valence-corrected chi connectivity index (χ4v) is 1.97. The molecule has 0 radical (unpaired) electrons. The minimum Gasteiger partial charge on any atom is -0.460 e. The molecule has 4 heteroatoms. The highest BCUT2D eigenvalue weighted by Gasteiger charge is 2.37. The molecule has 0 spiro atoms. The van der Waals surface area contributed by atoms with Crippen molar-refractivity contribution < 1.29 is 14.4 Å². The Balaban J connectivity index is 1.94. The number of carbonyl (C=O) groups excluding carboxylic acids is 1. The third-order valence-electron chi connectivity index (χ3n) is 3.00. The van der Waals surface area contributed by atoms with Crippen molar-refractivity contribution in [2.45, 2.75) is 33.0 Å². The third kappa shape index (κ3) is 2.70. The average Bonchev–Trinajstić information content (AvgIpc) is 2.78. The molecule has 0 fully saturated rings. The molecule has 0 aliphatic carbocycles. The molecule has 0 saturated carbocycles. The Hall–Kier alpha value is -1.84. The molecule has 96 valence electrons. The number of benzene rings is 1. The smallest absolute Gasteiger partial charge is 0.319 e. The van der Waals surface area contributed by atoms with Gasteiger partial charge in [0.15, 0.2) is 0 Å². The molecule has 1 heterocycles. The van der Waals surface area contributed by atoms with Crippen LogP contribution in [0.4, 0.5) is 0 Å². The summed E-state index contributed by atoms with van der Waals surface area (Å²) in [5.41, 5.74) is 1.74. The Kier molecular flexibility index (Phi) is 3.97. The predicted molar refractivity (Wildman–Crippen MR) is 68.0 cm³/mol. The summed E-state index contributed by atoms with van der Waals surface area (Å²) in [7, 11) is 0. The summed E-state index contributed by atoms with van der Waals surface area (Å²) in [5, 5.41) is 3.91. The molecule has 18 heavy (non-hydrogen) atoms. The molecule has 1 aliphatic heterocycles. The number of nitrogens with zero attached hydrogens (tertiary/aromatic N) is 1. The highest BCUT2D eigenvalue weighted by Crippen LogP contribution is 2.22. The van der Waals surface area contributed by atoms with E-state index >= 15 is 0 Å². The summed E-state index contributed by atoms with van der Waals surface area (Å²) < 4.78 is 5.31. The van der Waals surface area contributed by atoms with Gasteiger partial charge in [0, 0.05) is 0 Å². The highest BCUT2D eigenvalue weighted by molar-refractivity contribution is 6.03. The third-order valence-corrected chi connectivity index (χ3v) is 3.00. The second kappa shape index (κ2) is 5.67. The number of ether oxygens (including phenoxy) is 1. The molecular weight excluding hydrogens is 230 g/mol. The van der Waals surface area contributed by atoms with E-state index in [-0.39, 0.29) is 18.0 Å². The molecule has 1 aliphatic rings. The molecule has 0 unspecified atom stereocenters. The lowest BCUT2D eigenvalue weighted by atomic mass is 9.97. The topological polar surface area (TPSA) is 47.9 Å². The maximum absolute atomic E-state index is 12.0. The van der Waals surface area contributed by atoms with Crippen molar-refractivity contribution in [2.75, 3.05) is 0 Å². The average molecular weight is 247 g/mol. The van der Waals surface area contributed by atoms with E-state index in [4.69, 9.17) is 9.57 Å². The monoisotopic (exact) mass is 247 g/mol. The predicted octanol–water partition coefficient (Wildman–Crippen LogP) is 2.53. The van der Waals surface area contributed by atoms with Crippen molar-refractivity contribution in [3.63, 3.8) is 0 Å². The molecule has 0 saturated heterocycles. The Bertz CT molecular complexity index is 442. The van der Waals surface area contributed by atoms with Gasteiger partial charge in [-0.2, -0.15) is 0 Å². The Labute approximate surface area is 107 Å². The summed E-state index contributed by atoms with van der Waals surface area (Å²) in [6.07, 6.45) is 0.471. The SMILES string of the molecule is CCC1=NO[C@@H](C)[C@H]1C(=O)OCc1ccccc1. The summed E-state index contributed by atoms with van der Waals surface area (Å²) in [5.74, 6) is -0.622. The van der Waals surface area contributed by atoms with Crippen LogP contribution in [0, 0.1) is 5.92 Å². The van der Waals surface area contributed by atoms with Crippen LogP contribution in [-0.2, 0) is 21.0 Å². The van der Waals surface area contributed by atoms with Crippen LogP contribution in [0.25, 0.3) is 0 Å². The van der Waals surface area contributed by atoms with Gasteiger partial charge in [0.05, 0.1) is 5.71 Å². The van der Waals surface area contributed by atoms with E-state index in [0.717, 1.165) is 11.3 Å². The second-order valence-corrected chi connectivity index (χ2v) is 4.32. The molecule has 1 aromatic carbocycles. The van der Waals surface area contributed by atoms with Crippen LogP contribution in [-0.4, -0.2) is 17.8 Å². The molecule has 0 bridgehead atoms. The van der Waals surface area contributed by atoms with Crippen LogP contribution < -0.4 is 0 Å². The van der Waals surface area contributed by atoms with Gasteiger partial charge in [-0.15, -0.1) is 0 Å². The Morgan fingerprint density at radius 2 is 2.11 bits per heavy atom. The minimum absolute atomic E-state index is 0.233. The Morgan fingerprint density at radius 3 is 2.78 bits per heavy atom. The van der Waals surface area contributed by atoms with E-state index in [0.29, 0.717) is 13.0 Å². The van der Waals surface area contributed by atoms with E-state index in [1.165, 1.54) is 0 Å². The summed E-state index contributed by atoms with van der Waals surface area (Å²) in [6, 6.07) is 9.63. The first kappa shape index (κ1) is 12.6. The first-order chi connectivity index (χ1) is 8.72. The molecule has 0 aromatic heterocycles. The second-order valence-electron chi connectivity index (χ2n) is 4.32. The first-order valence-corrected chi connectivity index (χ1v) is 6.15. The van der Waals surface area contributed by atoms with Gasteiger partial charge in [-0.05, 0) is 18.9 Å². The highest BCUT2D eigenvalue weighted by atomic mass is 16.6. The number of hydrogen-bond donors (Lipinski definition) is 0. The van der Waals surface area contributed by atoms with E-state index in [2.05, 4.69) is 5.16 Å². The van der Waals surface area contributed by atoms with Gasteiger partial charge in [0.2, 0.25) is 0 Å². The number of esters is 1. The summed E-state index contributed by atoms with van der Waals surface area (Å²) >= 11 is 0. The lowest BCUT2D eigenvalue weighted by molar-refractivity contribution is -0.150. The van der Waals surface area contributed by atoms with Gasteiger partial charge in [0.25, 0.3) is 0 Å². The maximum atomic E-state index is 12.0. The summed E-state index contributed by atoms with van der Waals surface area (Å²) in [6.45, 7) is 4.08. The van der Waals surface area contributed by atoms with Crippen LogP contribution in [0.5, 0.6) is 0 Å². The minimum atomic E-state index is -0.362. The zero-order valence-electron chi connectivity index (χ0n) is 10.6. The van der Waals surface area contributed by atoms with Crippen LogP contribution in [0.15, 0.2) is 35.5 Å². The van der Waals surface area contributed by atoms with Crippen LogP contribution in [0.2, 0.25) is 0 Å². The number of rotatable bonds is 4. The Morgan fingerprint density at radius 1 is 1.39 bits per heavy atom. The van der Waals surface area contributed by atoms with Crippen LogP contribution in [0.1, 0.15) is 25.8 Å². The molecule has 0 amide bonds. The van der Waals surface area contributed by atoms with Crippen molar-refractivity contribution in [1.29, 1.82) is 0 Å². The first-order valence-electron chi connectivity index (χ1n) is 6.15. The molecule has 2 atom stereocenters. The fourth-order valence-electron chi connectivity index (χ4n) is 1.97. The number of carbonyl (C=O) groups is 1. The van der Waals surface area contributed by atoms with Crippen molar-refractivity contribution >= 4 is 11.7 Å². The zero-order chi connectivity index (χ0) is 13.0. The van der Waals surface area contributed by atoms with Crippen molar-refractivity contribution in [3.8, 4) is 0 Å². The molecule has 4 nitrogen and oxygen atoms in total. The summed E-state index contributed by atoms with van der Waals surface area (Å²) in [4.78, 5) is 17.1. The fraction of sp³-hybridized carbons (Fsp3) is 0.429. The molecular formula is C14H17NO3. The van der Waals surface area contributed by atoms with Gasteiger partial charge < -0.3 is 9.57 Å². The van der Waals surface area contributed by atoms with Crippen LogP contribution in [0.3, 0.4) is 0 Å². The van der Waals surface area contributed by atoms with Gasteiger partial charge in [-0.3, -0.25) is 4.79 Å². The lowest BCUT2D eigenvalue weighted by Gasteiger charge is -2.14. The van der Waals surface area contributed by atoms with Crippen LogP contribution >= 0.6 is 0 Å².